The third kappa shape index (κ3) is 4.97. The van der Waals surface area contributed by atoms with Crippen molar-refractivity contribution in [1.82, 2.24) is 4.98 Å². The van der Waals surface area contributed by atoms with Gasteiger partial charge in [0.2, 0.25) is 0 Å². The van der Waals surface area contributed by atoms with Crippen LogP contribution < -0.4 is 0 Å². The predicted molar refractivity (Wildman–Crippen MR) is 155 cm³/mol. The van der Waals surface area contributed by atoms with Gasteiger partial charge >= 0.3 is 0 Å². The molecule has 0 aliphatic carbocycles. The van der Waals surface area contributed by atoms with Gasteiger partial charge in [0.15, 0.2) is 0 Å². The van der Waals surface area contributed by atoms with Gasteiger partial charge in [-0.1, -0.05) is 114 Å². The Bertz CT molecular complexity index is 1430. The van der Waals surface area contributed by atoms with E-state index in [2.05, 4.69) is 145 Å². The Morgan fingerprint density at radius 1 is 0.444 bits per heavy atom. The van der Waals surface area contributed by atoms with Crippen LogP contribution in [0.5, 0.6) is 0 Å². The lowest BCUT2D eigenvalue weighted by Gasteiger charge is -2.20. The summed E-state index contributed by atoms with van der Waals surface area (Å²) >= 11 is 0. The molecule has 5 aromatic rings. The number of pyridine rings is 1. The summed E-state index contributed by atoms with van der Waals surface area (Å²) < 4.78 is 0. The second kappa shape index (κ2) is 9.06. The van der Waals surface area contributed by atoms with E-state index in [-0.39, 0.29) is 10.8 Å². The van der Waals surface area contributed by atoms with Crippen molar-refractivity contribution in [3.8, 4) is 33.5 Å². The number of hydrogen-bond donors (Lipinski definition) is 0. The molecule has 0 radical (unpaired) electrons. The van der Waals surface area contributed by atoms with E-state index in [0.29, 0.717) is 0 Å². The minimum Gasteiger partial charge on any atom is -0.248 e. The predicted octanol–water partition coefficient (Wildman–Crippen LogP) is 9.83. The van der Waals surface area contributed by atoms with E-state index in [1.165, 1.54) is 33.4 Å². The molecular weight excluding hydrogens is 434 g/mol. The Labute approximate surface area is 215 Å². The molecule has 0 aliphatic heterocycles. The van der Waals surface area contributed by atoms with Crippen LogP contribution in [-0.2, 0) is 10.8 Å². The fourth-order valence-corrected chi connectivity index (χ4v) is 4.66. The van der Waals surface area contributed by atoms with Crippen molar-refractivity contribution in [2.45, 2.75) is 52.4 Å². The van der Waals surface area contributed by atoms with Crippen LogP contribution in [-0.4, -0.2) is 4.98 Å². The normalized spacial score (nSPS) is 12.2. The van der Waals surface area contributed by atoms with Gasteiger partial charge in [0, 0.05) is 10.9 Å². The van der Waals surface area contributed by atoms with Gasteiger partial charge in [-0.15, -0.1) is 0 Å². The zero-order valence-corrected chi connectivity index (χ0v) is 22.3. The van der Waals surface area contributed by atoms with E-state index in [1.807, 2.05) is 0 Å². The van der Waals surface area contributed by atoms with Crippen molar-refractivity contribution in [3.63, 3.8) is 0 Å². The fraction of sp³-hybridized carbons (Fsp3) is 0.229. The lowest BCUT2D eigenvalue weighted by molar-refractivity contribution is 0.590. The van der Waals surface area contributed by atoms with Crippen LogP contribution in [0, 0.1) is 0 Å². The molecule has 0 fully saturated rings. The van der Waals surface area contributed by atoms with Gasteiger partial charge in [-0.05, 0) is 74.5 Å². The van der Waals surface area contributed by atoms with Crippen molar-refractivity contribution >= 4 is 10.9 Å². The first-order valence-electron chi connectivity index (χ1n) is 12.8. The lowest BCUT2D eigenvalue weighted by Crippen LogP contribution is -2.10. The van der Waals surface area contributed by atoms with Crippen LogP contribution in [0.2, 0.25) is 0 Å². The average Bonchev–Trinajstić information content (AvgIpc) is 2.87. The van der Waals surface area contributed by atoms with Gasteiger partial charge in [-0.2, -0.15) is 0 Å². The molecule has 1 nitrogen and oxygen atoms in total. The number of para-hydroxylation sites is 1. The van der Waals surface area contributed by atoms with E-state index >= 15 is 0 Å². The van der Waals surface area contributed by atoms with Gasteiger partial charge in [-0.25, -0.2) is 4.98 Å². The zero-order chi connectivity index (χ0) is 25.5. The Balaban J connectivity index is 1.65. The van der Waals surface area contributed by atoms with Crippen LogP contribution >= 0.6 is 0 Å². The summed E-state index contributed by atoms with van der Waals surface area (Å²) in [6.07, 6.45) is 0. The first-order chi connectivity index (χ1) is 17.1. The van der Waals surface area contributed by atoms with Crippen LogP contribution in [0.25, 0.3) is 44.4 Å². The van der Waals surface area contributed by atoms with Crippen LogP contribution in [0.1, 0.15) is 52.7 Å². The molecule has 1 aromatic heterocycles. The molecule has 5 rings (SSSR count). The summed E-state index contributed by atoms with van der Waals surface area (Å²) in [5.74, 6) is 0. The quantitative estimate of drug-likeness (QED) is 0.256. The molecule has 0 N–H and O–H groups in total. The summed E-state index contributed by atoms with van der Waals surface area (Å²) in [6, 6.07) is 37.5. The summed E-state index contributed by atoms with van der Waals surface area (Å²) in [7, 11) is 0. The Morgan fingerprint density at radius 3 is 1.42 bits per heavy atom. The molecule has 1 heteroatoms. The van der Waals surface area contributed by atoms with Crippen molar-refractivity contribution in [1.29, 1.82) is 0 Å². The van der Waals surface area contributed by atoms with Crippen molar-refractivity contribution in [3.05, 3.63) is 114 Å². The molecule has 36 heavy (non-hydrogen) atoms. The summed E-state index contributed by atoms with van der Waals surface area (Å²) in [5.41, 5.74) is 11.0. The van der Waals surface area contributed by atoms with E-state index in [4.69, 9.17) is 4.98 Å². The van der Waals surface area contributed by atoms with Gasteiger partial charge in [0.25, 0.3) is 0 Å². The Kier molecular flexibility index (Phi) is 6.04. The highest BCUT2D eigenvalue weighted by molar-refractivity contribution is 5.84. The molecule has 0 saturated carbocycles. The number of benzene rings is 4. The first-order valence-corrected chi connectivity index (χ1v) is 12.8. The second-order valence-corrected chi connectivity index (χ2v) is 11.8. The zero-order valence-electron chi connectivity index (χ0n) is 22.3. The third-order valence-electron chi connectivity index (χ3n) is 7.00. The molecule has 4 aromatic carbocycles. The van der Waals surface area contributed by atoms with E-state index < -0.39 is 0 Å². The maximum absolute atomic E-state index is 5.01. The van der Waals surface area contributed by atoms with E-state index in [9.17, 15) is 0 Å². The highest BCUT2D eigenvalue weighted by Gasteiger charge is 2.16. The minimum atomic E-state index is 0.134. The Hall–Kier alpha value is -3.71. The smallest absolute Gasteiger partial charge is 0.0710 e. The standard InChI is InChI=1S/C35H35N/c1-34(2,3)30-16-11-24(12-17-30)27-21-28(25-13-18-31(19-14-25)35(4,5)6)23-29(22-27)33-20-15-26-9-7-8-10-32(26)36-33/h7-23H,1-6H3. The first kappa shape index (κ1) is 24.0. The van der Waals surface area contributed by atoms with Crippen molar-refractivity contribution in [2.75, 3.05) is 0 Å². The van der Waals surface area contributed by atoms with Crippen LogP contribution in [0.3, 0.4) is 0 Å². The molecule has 180 valence electrons. The molecule has 0 spiro atoms. The molecule has 0 amide bonds. The average molecular weight is 470 g/mol. The maximum atomic E-state index is 5.01. The molecule has 0 atom stereocenters. The number of hydrogen-bond acceptors (Lipinski definition) is 1. The Morgan fingerprint density at radius 2 is 0.917 bits per heavy atom. The largest absolute Gasteiger partial charge is 0.248 e. The molecule has 0 bridgehead atoms. The van der Waals surface area contributed by atoms with E-state index in [0.717, 1.165) is 22.2 Å². The van der Waals surface area contributed by atoms with Gasteiger partial charge in [-0.3, -0.25) is 0 Å². The number of nitrogens with zero attached hydrogens (tertiary/aromatic N) is 1. The fourth-order valence-electron chi connectivity index (χ4n) is 4.66. The topological polar surface area (TPSA) is 12.9 Å². The highest BCUT2D eigenvalue weighted by atomic mass is 14.7. The molecule has 0 saturated heterocycles. The van der Waals surface area contributed by atoms with Crippen molar-refractivity contribution in [2.24, 2.45) is 0 Å². The number of fused-ring (bicyclic) bond motifs is 1. The SMILES string of the molecule is CC(C)(C)c1ccc(-c2cc(-c3ccc(C(C)(C)C)cc3)cc(-c3ccc4ccccc4n3)c2)cc1. The molecule has 0 aliphatic rings. The van der Waals surface area contributed by atoms with Crippen molar-refractivity contribution < 1.29 is 0 Å². The van der Waals surface area contributed by atoms with Crippen LogP contribution in [0.4, 0.5) is 0 Å². The highest BCUT2D eigenvalue weighted by Crippen LogP contribution is 2.35. The minimum absolute atomic E-state index is 0.134. The summed E-state index contributed by atoms with van der Waals surface area (Å²) in [5, 5.41) is 1.16. The number of rotatable bonds is 3. The lowest BCUT2D eigenvalue weighted by atomic mass is 9.85. The third-order valence-corrected chi connectivity index (χ3v) is 7.00. The van der Waals surface area contributed by atoms with Crippen LogP contribution in [0.15, 0.2) is 103 Å². The second-order valence-electron chi connectivity index (χ2n) is 11.8. The molecule has 1 heterocycles. The maximum Gasteiger partial charge on any atom is 0.0710 e. The molecule has 0 unspecified atom stereocenters. The van der Waals surface area contributed by atoms with Gasteiger partial charge in [0.1, 0.15) is 0 Å². The molecular formula is C35H35N. The summed E-state index contributed by atoms with van der Waals surface area (Å²) in [6.45, 7) is 13.5. The van der Waals surface area contributed by atoms with E-state index in [1.54, 1.807) is 0 Å². The monoisotopic (exact) mass is 469 g/mol. The number of aromatic nitrogens is 1. The summed E-state index contributed by atoms with van der Waals surface area (Å²) in [4.78, 5) is 5.01. The van der Waals surface area contributed by atoms with Gasteiger partial charge < -0.3 is 0 Å². The van der Waals surface area contributed by atoms with Gasteiger partial charge in [0.05, 0.1) is 11.2 Å².